The van der Waals surface area contributed by atoms with Crippen LogP contribution in [0.25, 0.3) is 0 Å². The maximum Gasteiger partial charge on any atom is 0.258 e. The lowest BCUT2D eigenvalue weighted by molar-refractivity contribution is -0.124. The summed E-state index contributed by atoms with van der Waals surface area (Å²) >= 11 is 6.03. The molecule has 4 nitrogen and oxygen atoms in total. The fraction of sp³-hybridized carbons (Fsp3) is 0.562. The second-order valence-electron chi connectivity index (χ2n) is 6.49. The van der Waals surface area contributed by atoms with Crippen LogP contribution in [-0.4, -0.2) is 24.1 Å². The van der Waals surface area contributed by atoms with Gasteiger partial charge in [0.15, 0.2) is 6.61 Å². The van der Waals surface area contributed by atoms with Gasteiger partial charge in [-0.1, -0.05) is 11.6 Å². The Balaban J connectivity index is 0.00000242. The summed E-state index contributed by atoms with van der Waals surface area (Å²) in [6.45, 7) is 6.55. The number of halogens is 2. The highest BCUT2D eigenvalue weighted by Crippen LogP contribution is 2.25. The van der Waals surface area contributed by atoms with Gasteiger partial charge in [-0.25, -0.2) is 0 Å². The van der Waals surface area contributed by atoms with Crippen LogP contribution in [0.3, 0.4) is 0 Å². The van der Waals surface area contributed by atoms with Gasteiger partial charge in [-0.3, -0.25) is 4.79 Å². The molecule has 1 aromatic carbocycles. The number of benzene rings is 1. The third kappa shape index (κ3) is 6.86. The molecule has 1 fully saturated rings. The largest absolute Gasteiger partial charge is 0.483 e. The minimum Gasteiger partial charge on any atom is -0.483 e. The third-order valence-electron chi connectivity index (χ3n) is 3.05. The topological polar surface area (TPSA) is 50.4 Å². The number of rotatable bonds is 6. The standard InChI is InChI=1S/C16H23ClN2O2.ClH/c1-16(2,3)19-15(20)10-21-14-7-4-12(17)8-11(14)9-18-13-5-6-13;/h4,7-8,13,18H,5-6,9-10H2,1-3H3,(H,19,20);1H. The van der Waals surface area contributed by atoms with E-state index in [0.29, 0.717) is 23.4 Å². The quantitative estimate of drug-likeness (QED) is 0.830. The van der Waals surface area contributed by atoms with Gasteiger partial charge in [0.05, 0.1) is 0 Å². The highest BCUT2D eigenvalue weighted by Gasteiger charge is 2.21. The SMILES string of the molecule is CC(C)(C)NC(=O)COc1ccc(Cl)cc1CNC1CC1.Cl. The van der Waals surface area contributed by atoms with Crippen LogP contribution in [-0.2, 0) is 11.3 Å². The van der Waals surface area contributed by atoms with Gasteiger partial charge < -0.3 is 15.4 Å². The van der Waals surface area contributed by atoms with Crippen LogP contribution in [0.2, 0.25) is 5.02 Å². The summed E-state index contributed by atoms with van der Waals surface area (Å²) in [4.78, 5) is 11.8. The molecule has 0 saturated heterocycles. The van der Waals surface area contributed by atoms with Gasteiger partial charge in [0.25, 0.3) is 5.91 Å². The number of amides is 1. The van der Waals surface area contributed by atoms with Gasteiger partial charge in [-0.05, 0) is 51.8 Å². The zero-order valence-corrected chi connectivity index (χ0v) is 14.8. The van der Waals surface area contributed by atoms with E-state index in [-0.39, 0.29) is 30.5 Å². The molecule has 1 aliphatic rings. The van der Waals surface area contributed by atoms with Crippen molar-refractivity contribution in [2.45, 2.75) is 51.7 Å². The van der Waals surface area contributed by atoms with Crippen molar-refractivity contribution in [1.29, 1.82) is 0 Å². The molecule has 0 unspecified atom stereocenters. The zero-order chi connectivity index (χ0) is 15.5. The Kier molecular flexibility index (Phi) is 6.98. The molecule has 1 saturated carbocycles. The Bertz CT molecular complexity index is 511. The summed E-state index contributed by atoms with van der Waals surface area (Å²) < 4.78 is 5.64. The average Bonchev–Trinajstić information content (AvgIpc) is 3.17. The summed E-state index contributed by atoms with van der Waals surface area (Å²) in [6, 6.07) is 6.09. The summed E-state index contributed by atoms with van der Waals surface area (Å²) in [6.07, 6.45) is 2.45. The van der Waals surface area contributed by atoms with E-state index in [0.717, 1.165) is 5.56 Å². The number of carbonyl (C=O) groups is 1. The Labute approximate surface area is 143 Å². The van der Waals surface area contributed by atoms with Gasteiger partial charge in [0.1, 0.15) is 5.75 Å². The predicted octanol–water partition coefficient (Wildman–Crippen LogP) is 3.31. The first kappa shape index (κ1) is 19.1. The van der Waals surface area contributed by atoms with Crippen molar-refractivity contribution in [3.8, 4) is 5.75 Å². The van der Waals surface area contributed by atoms with Gasteiger partial charge >= 0.3 is 0 Å². The number of hydrogen-bond acceptors (Lipinski definition) is 3. The lowest BCUT2D eigenvalue weighted by Gasteiger charge is -2.21. The molecule has 22 heavy (non-hydrogen) atoms. The minimum atomic E-state index is -0.253. The van der Waals surface area contributed by atoms with Crippen LogP contribution in [0.15, 0.2) is 18.2 Å². The van der Waals surface area contributed by atoms with E-state index in [1.54, 1.807) is 6.07 Å². The minimum absolute atomic E-state index is 0. The molecule has 0 spiro atoms. The molecule has 124 valence electrons. The van der Waals surface area contributed by atoms with Crippen molar-refractivity contribution in [2.75, 3.05) is 6.61 Å². The second-order valence-corrected chi connectivity index (χ2v) is 6.93. The maximum absolute atomic E-state index is 11.8. The smallest absolute Gasteiger partial charge is 0.258 e. The van der Waals surface area contributed by atoms with Crippen LogP contribution in [0.5, 0.6) is 5.75 Å². The predicted molar refractivity (Wildman–Crippen MR) is 92.0 cm³/mol. The molecule has 1 aliphatic carbocycles. The van der Waals surface area contributed by atoms with Crippen molar-refractivity contribution in [2.24, 2.45) is 0 Å². The first-order valence-electron chi connectivity index (χ1n) is 7.29. The van der Waals surface area contributed by atoms with E-state index in [2.05, 4.69) is 10.6 Å². The average molecular weight is 347 g/mol. The van der Waals surface area contributed by atoms with E-state index in [9.17, 15) is 4.79 Å². The molecular formula is C16H24Cl2N2O2. The molecule has 0 aromatic heterocycles. The van der Waals surface area contributed by atoms with Gasteiger partial charge in [0, 0.05) is 28.7 Å². The van der Waals surface area contributed by atoms with Crippen LogP contribution >= 0.6 is 24.0 Å². The second kappa shape index (κ2) is 8.04. The van der Waals surface area contributed by atoms with Crippen LogP contribution in [0, 0.1) is 0 Å². The third-order valence-corrected chi connectivity index (χ3v) is 3.29. The molecule has 6 heteroatoms. The van der Waals surface area contributed by atoms with E-state index in [1.807, 2.05) is 32.9 Å². The van der Waals surface area contributed by atoms with E-state index >= 15 is 0 Å². The number of ether oxygens (including phenoxy) is 1. The van der Waals surface area contributed by atoms with Crippen molar-refractivity contribution in [3.05, 3.63) is 28.8 Å². The zero-order valence-electron chi connectivity index (χ0n) is 13.2. The van der Waals surface area contributed by atoms with Crippen molar-refractivity contribution in [3.63, 3.8) is 0 Å². The van der Waals surface area contributed by atoms with E-state index < -0.39 is 0 Å². The first-order chi connectivity index (χ1) is 9.83. The first-order valence-corrected chi connectivity index (χ1v) is 7.67. The molecule has 1 amide bonds. The molecule has 0 bridgehead atoms. The molecule has 1 aromatic rings. The summed E-state index contributed by atoms with van der Waals surface area (Å²) in [5.74, 6) is 0.579. The fourth-order valence-electron chi connectivity index (χ4n) is 1.97. The molecule has 0 radical (unpaired) electrons. The summed E-state index contributed by atoms with van der Waals surface area (Å²) in [5, 5.41) is 6.98. The normalized spacial score (nSPS) is 14.2. The molecule has 2 rings (SSSR count). The molecule has 0 atom stereocenters. The molecule has 0 aliphatic heterocycles. The maximum atomic E-state index is 11.8. The van der Waals surface area contributed by atoms with E-state index in [4.69, 9.17) is 16.3 Å². The van der Waals surface area contributed by atoms with Crippen LogP contribution in [0.4, 0.5) is 0 Å². The van der Waals surface area contributed by atoms with Crippen LogP contribution < -0.4 is 15.4 Å². The van der Waals surface area contributed by atoms with Crippen molar-refractivity contribution >= 4 is 29.9 Å². The Morgan fingerprint density at radius 2 is 2.05 bits per heavy atom. The Morgan fingerprint density at radius 3 is 2.64 bits per heavy atom. The number of hydrogen-bond donors (Lipinski definition) is 2. The lowest BCUT2D eigenvalue weighted by Crippen LogP contribution is -2.43. The van der Waals surface area contributed by atoms with Gasteiger partial charge in [-0.15, -0.1) is 12.4 Å². The number of carbonyl (C=O) groups excluding carboxylic acids is 1. The highest BCUT2D eigenvalue weighted by atomic mass is 35.5. The number of nitrogens with one attached hydrogen (secondary N) is 2. The van der Waals surface area contributed by atoms with Gasteiger partial charge in [-0.2, -0.15) is 0 Å². The molecule has 0 heterocycles. The highest BCUT2D eigenvalue weighted by molar-refractivity contribution is 6.30. The Morgan fingerprint density at radius 1 is 1.36 bits per heavy atom. The van der Waals surface area contributed by atoms with Crippen LogP contribution in [0.1, 0.15) is 39.2 Å². The summed E-state index contributed by atoms with van der Waals surface area (Å²) in [5.41, 5.74) is 0.731. The monoisotopic (exact) mass is 346 g/mol. The lowest BCUT2D eigenvalue weighted by atomic mass is 10.1. The summed E-state index contributed by atoms with van der Waals surface area (Å²) in [7, 11) is 0. The molecular weight excluding hydrogens is 323 g/mol. The van der Waals surface area contributed by atoms with Gasteiger partial charge in [0.2, 0.25) is 0 Å². The van der Waals surface area contributed by atoms with Crippen molar-refractivity contribution in [1.82, 2.24) is 10.6 Å². The van der Waals surface area contributed by atoms with E-state index in [1.165, 1.54) is 12.8 Å². The molecule has 2 N–H and O–H groups in total. The fourth-order valence-corrected chi connectivity index (χ4v) is 2.16. The van der Waals surface area contributed by atoms with Crippen molar-refractivity contribution < 1.29 is 9.53 Å². The Hall–Kier alpha value is -0.970.